The monoisotopic (exact) mass is 413 g/mol. The molecule has 0 bridgehead atoms. The molecule has 2 aliphatic carbocycles. The van der Waals surface area contributed by atoms with Crippen LogP contribution in [0.4, 0.5) is 18.9 Å². The van der Waals surface area contributed by atoms with Crippen molar-refractivity contribution in [3.05, 3.63) is 58.7 Å². The Kier molecular flexibility index (Phi) is 4.13. The van der Waals surface area contributed by atoms with Gasteiger partial charge in [0.05, 0.1) is 17.3 Å². The number of nitrogens with two attached hydrogens (primary N) is 1. The number of rotatable bonds is 4. The number of fused-ring (bicyclic) bond motifs is 2. The van der Waals surface area contributed by atoms with Crippen LogP contribution in [0.15, 0.2) is 35.5 Å². The van der Waals surface area contributed by atoms with E-state index >= 15 is 0 Å². The van der Waals surface area contributed by atoms with Gasteiger partial charge in [-0.15, -0.1) is 0 Å². The molecule has 6 nitrogen and oxygen atoms in total. The Bertz CT molecular complexity index is 1100. The fraction of sp³-hybridized carbons (Fsp3) is 0.381. The number of pyridine rings is 1. The largest absolute Gasteiger partial charge is 0.462 e. The number of aromatic nitrogens is 1. The van der Waals surface area contributed by atoms with E-state index in [1.54, 1.807) is 6.07 Å². The molecule has 5 rings (SSSR count). The normalized spacial score (nSPS) is 28.8. The van der Waals surface area contributed by atoms with Crippen LogP contribution >= 0.6 is 0 Å². The van der Waals surface area contributed by atoms with Crippen LogP contribution in [0, 0.1) is 23.1 Å². The van der Waals surface area contributed by atoms with Gasteiger partial charge in [-0.05, 0) is 49.1 Å². The number of nitrogens with zero attached hydrogens (tertiary/aromatic N) is 3. The summed E-state index contributed by atoms with van der Waals surface area (Å²) in [5.74, 6) is -1.37. The van der Waals surface area contributed by atoms with Crippen LogP contribution in [0.2, 0.25) is 0 Å². The second-order valence-electron chi connectivity index (χ2n) is 7.88. The van der Waals surface area contributed by atoms with Gasteiger partial charge in [0.1, 0.15) is 18.0 Å². The summed E-state index contributed by atoms with van der Waals surface area (Å²) in [6, 6.07) is 7.44. The average molecular weight is 413 g/mol. The second-order valence-corrected chi connectivity index (χ2v) is 7.88. The van der Waals surface area contributed by atoms with Crippen molar-refractivity contribution in [2.45, 2.75) is 43.4 Å². The van der Waals surface area contributed by atoms with Gasteiger partial charge in [-0.3, -0.25) is 4.98 Å². The maximum Gasteiger partial charge on any atom is 0.283 e. The Morgan fingerprint density at radius 2 is 2.17 bits per heavy atom. The molecule has 1 unspecified atom stereocenters. The Morgan fingerprint density at radius 3 is 2.93 bits per heavy atom. The highest BCUT2D eigenvalue weighted by Crippen LogP contribution is 2.56. The lowest BCUT2D eigenvalue weighted by molar-refractivity contribution is 0.0177. The van der Waals surface area contributed by atoms with Crippen molar-refractivity contribution < 1.29 is 17.9 Å². The molecule has 1 aromatic carbocycles. The molecule has 0 saturated heterocycles. The predicted molar refractivity (Wildman–Crippen MR) is 102 cm³/mol. The first-order chi connectivity index (χ1) is 14.4. The lowest BCUT2D eigenvalue weighted by Crippen LogP contribution is -2.43. The van der Waals surface area contributed by atoms with Crippen molar-refractivity contribution in [1.82, 2.24) is 4.98 Å². The number of anilines is 1. The van der Waals surface area contributed by atoms with Crippen LogP contribution in [0.1, 0.15) is 41.3 Å². The number of hydrogen-bond acceptors (Lipinski definition) is 6. The summed E-state index contributed by atoms with van der Waals surface area (Å²) in [6.07, 6.45) is -0.0639. The topological polar surface area (TPSA) is 96.3 Å². The SMILES string of the molecule is N#Cc1cnc2c(c1)CC[C@H]2Nc1ccc(F)c([C@@]2(C(F)F)N=C(N)O[C@@H]3CC32)c1. The number of benzene rings is 1. The van der Waals surface area contributed by atoms with Crippen molar-refractivity contribution in [3.8, 4) is 6.07 Å². The van der Waals surface area contributed by atoms with Crippen molar-refractivity contribution in [1.29, 1.82) is 5.26 Å². The van der Waals surface area contributed by atoms with Gasteiger partial charge >= 0.3 is 0 Å². The molecule has 154 valence electrons. The summed E-state index contributed by atoms with van der Waals surface area (Å²) in [4.78, 5) is 8.28. The summed E-state index contributed by atoms with van der Waals surface area (Å²) in [5, 5.41) is 12.3. The summed E-state index contributed by atoms with van der Waals surface area (Å²) in [7, 11) is 0. The third-order valence-corrected chi connectivity index (χ3v) is 6.10. The van der Waals surface area contributed by atoms with Gasteiger partial charge in [0.2, 0.25) is 0 Å². The maximum absolute atomic E-state index is 14.8. The molecular weight excluding hydrogens is 395 g/mol. The number of nitriles is 1. The van der Waals surface area contributed by atoms with Gasteiger partial charge in [-0.25, -0.2) is 18.2 Å². The van der Waals surface area contributed by atoms with E-state index in [4.69, 9.17) is 15.7 Å². The number of hydrogen-bond donors (Lipinski definition) is 2. The maximum atomic E-state index is 14.8. The number of aryl methyl sites for hydroxylation is 1. The van der Waals surface area contributed by atoms with Crippen molar-refractivity contribution >= 4 is 11.7 Å². The van der Waals surface area contributed by atoms with Gasteiger partial charge in [0.15, 0.2) is 5.54 Å². The lowest BCUT2D eigenvalue weighted by atomic mass is 9.84. The number of halogens is 3. The molecule has 0 amide bonds. The van der Waals surface area contributed by atoms with E-state index < -0.39 is 29.8 Å². The molecule has 3 aliphatic rings. The molecule has 2 aromatic rings. The van der Waals surface area contributed by atoms with Gasteiger partial charge < -0.3 is 15.8 Å². The second kappa shape index (κ2) is 6.62. The highest BCUT2D eigenvalue weighted by atomic mass is 19.3. The zero-order valence-electron chi connectivity index (χ0n) is 15.8. The lowest BCUT2D eigenvalue weighted by Gasteiger charge is -2.33. The highest BCUT2D eigenvalue weighted by Gasteiger charge is 2.64. The molecule has 1 saturated carbocycles. The minimum absolute atomic E-state index is 0.162. The summed E-state index contributed by atoms with van der Waals surface area (Å²) in [6.45, 7) is 0. The minimum Gasteiger partial charge on any atom is -0.462 e. The molecule has 30 heavy (non-hydrogen) atoms. The number of aliphatic imine (C=N–C) groups is 1. The van der Waals surface area contributed by atoms with Gasteiger partial charge in [-0.2, -0.15) is 5.26 Å². The molecule has 4 atom stereocenters. The summed E-state index contributed by atoms with van der Waals surface area (Å²) < 4.78 is 48.5. The molecule has 1 fully saturated rings. The highest BCUT2D eigenvalue weighted by molar-refractivity contribution is 5.74. The van der Waals surface area contributed by atoms with Crippen LogP contribution in [0.25, 0.3) is 0 Å². The zero-order valence-corrected chi connectivity index (χ0v) is 15.8. The standard InChI is InChI=1S/C21H18F3N5O/c22-15-3-2-12(28-16-4-1-11-5-10(8-25)9-27-18(11)16)6-13(15)21(19(23)24)14-7-17(14)30-20(26)29-21/h2-3,5-6,9,14,16-17,19,28H,1,4,7H2,(H2,26,29)/t14?,16-,17-,21-/m1/s1. The van der Waals surface area contributed by atoms with E-state index in [2.05, 4.69) is 21.4 Å². The molecule has 0 radical (unpaired) electrons. The van der Waals surface area contributed by atoms with Crippen LogP contribution in [0.5, 0.6) is 0 Å². The molecular formula is C21H18F3N5O. The fourth-order valence-electron chi connectivity index (χ4n) is 4.60. The molecule has 9 heteroatoms. The van der Waals surface area contributed by atoms with E-state index in [1.807, 2.05) is 0 Å². The van der Waals surface area contributed by atoms with Crippen molar-refractivity contribution in [3.63, 3.8) is 0 Å². The average Bonchev–Trinajstić information content (AvgIpc) is 3.41. The van der Waals surface area contributed by atoms with E-state index in [0.29, 0.717) is 17.7 Å². The minimum atomic E-state index is -2.93. The Morgan fingerprint density at radius 1 is 1.33 bits per heavy atom. The molecule has 0 spiro atoms. The van der Waals surface area contributed by atoms with Crippen LogP contribution in [0.3, 0.4) is 0 Å². The first-order valence-corrected chi connectivity index (χ1v) is 9.68. The van der Waals surface area contributed by atoms with E-state index in [-0.39, 0.29) is 17.6 Å². The number of alkyl halides is 2. The number of nitrogens with one attached hydrogen (secondary N) is 1. The fourth-order valence-corrected chi connectivity index (χ4v) is 4.60. The summed E-state index contributed by atoms with van der Waals surface area (Å²) >= 11 is 0. The van der Waals surface area contributed by atoms with Gasteiger partial charge in [0, 0.05) is 23.4 Å². The van der Waals surface area contributed by atoms with Crippen molar-refractivity contribution in [2.75, 3.05) is 5.32 Å². The van der Waals surface area contributed by atoms with Crippen LogP contribution in [-0.2, 0) is 16.7 Å². The van der Waals surface area contributed by atoms with Gasteiger partial charge in [-0.1, -0.05) is 0 Å². The van der Waals surface area contributed by atoms with E-state index in [1.165, 1.54) is 24.4 Å². The van der Waals surface area contributed by atoms with Crippen LogP contribution < -0.4 is 11.1 Å². The molecule has 3 N–H and O–H groups in total. The van der Waals surface area contributed by atoms with E-state index in [0.717, 1.165) is 24.1 Å². The zero-order chi connectivity index (χ0) is 21.0. The molecule has 2 heterocycles. The van der Waals surface area contributed by atoms with E-state index in [9.17, 15) is 13.2 Å². The summed E-state index contributed by atoms with van der Waals surface area (Å²) in [5.41, 5.74) is 6.15. The van der Waals surface area contributed by atoms with Crippen LogP contribution in [-0.4, -0.2) is 23.5 Å². The number of amidine groups is 1. The quantitative estimate of drug-likeness (QED) is 0.801. The molecule has 1 aliphatic heterocycles. The smallest absolute Gasteiger partial charge is 0.283 e. The Labute approximate surface area is 170 Å². The van der Waals surface area contributed by atoms with Crippen molar-refractivity contribution in [2.24, 2.45) is 16.6 Å². The molecule has 1 aromatic heterocycles. The number of ether oxygens (including phenoxy) is 1. The Balaban J connectivity index is 1.50. The third-order valence-electron chi connectivity index (χ3n) is 6.10. The first-order valence-electron chi connectivity index (χ1n) is 9.68. The van der Waals surface area contributed by atoms with Gasteiger partial charge in [0.25, 0.3) is 12.4 Å². The first kappa shape index (κ1) is 18.7. The Hall–Kier alpha value is -3.28. The third kappa shape index (κ3) is 2.78. The predicted octanol–water partition coefficient (Wildman–Crippen LogP) is 3.39.